The lowest BCUT2D eigenvalue weighted by Gasteiger charge is -2.07. The minimum Gasteiger partial charge on any atom is -0.341 e. The number of para-hydroxylation sites is 1. The molecule has 2 aromatic carbocycles. The molecule has 1 N–H and O–H groups in total. The van der Waals surface area contributed by atoms with Crippen LogP contribution in [-0.4, -0.2) is 15.5 Å². The molecule has 0 unspecified atom stereocenters. The zero-order valence-electron chi connectivity index (χ0n) is 15.2. The highest BCUT2D eigenvalue weighted by atomic mass is 16.2. The molecule has 0 radical (unpaired) electrons. The van der Waals surface area contributed by atoms with Crippen LogP contribution in [0.25, 0.3) is 21.8 Å². The standard InChI is InChI=1S/C23H21N3O/c1-2-26-21-6-4-3-5-17(21)19-13-16(7-8-22(19)26)25-23(27)20-14-18(20)15-9-11-24-12-10-15/h3-13,18,20H,2,14H2,1H3,(H,25,27)/t18-,20+/m0/s1. The number of hydrogen-bond acceptors (Lipinski definition) is 2. The van der Waals surface area contributed by atoms with Gasteiger partial charge in [-0.05, 0) is 61.2 Å². The minimum absolute atomic E-state index is 0.0556. The first-order chi connectivity index (χ1) is 13.3. The first kappa shape index (κ1) is 16.1. The fourth-order valence-electron chi connectivity index (χ4n) is 4.17. The van der Waals surface area contributed by atoms with Crippen LogP contribution in [0.15, 0.2) is 67.0 Å². The average molecular weight is 355 g/mol. The summed E-state index contributed by atoms with van der Waals surface area (Å²) in [5.74, 6) is 0.481. The summed E-state index contributed by atoms with van der Waals surface area (Å²) >= 11 is 0. The summed E-state index contributed by atoms with van der Waals surface area (Å²) in [7, 11) is 0. The van der Waals surface area contributed by atoms with Gasteiger partial charge >= 0.3 is 0 Å². The Morgan fingerprint density at radius 2 is 1.85 bits per heavy atom. The lowest BCUT2D eigenvalue weighted by molar-refractivity contribution is -0.117. The van der Waals surface area contributed by atoms with E-state index in [0.717, 1.165) is 18.7 Å². The molecule has 0 saturated heterocycles. The Labute approximate surface area is 157 Å². The summed E-state index contributed by atoms with van der Waals surface area (Å²) in [6, 6.07) is 18.7. The number of hydrogen-bond donors (Lipinski definition) is 1. The molecule has 4 nitrogen and oxygen atoms in total. The number of aryl methyl sites for hydroxylation is 1. The van der Waals surface area contributed by atoms with E-state index in [-0.39, 0.29) is 11.8 Å². The molecule has 2 aromatic heterocycles. The zero-order chi connectivity index (χ0) is 18.4. The van der Waals surface area contributed by atoms with E-state index in [4.69, 9.17) is 0 Å². The second kappa shape index (κ2) is 6.23. The second-order valence-corrected chi connectivity index (χ2v) is 7.21. The van der Waals surface area contributed by atoms with Crippen LogP contribution in [0.2, 0.25) is 0 Å². The predicted molar refractivity (Wildman–Crippen MR) is 109 cm³/mol. The van der Waals surface area contributed by atoms with Crippen molar-refractivity contribution in [2.24, 2.45) is 5.92 Å². The number of carbonyl (C=O) groups is 1. The highest BCUT2D eigenvalue weighted by molar-refractivity contribution is 6.10. The van der Waals surface area contributed by atoms with Crippen molar-refractivity contribution in [3.63, 3.8) is 0 Å². The Balaban J connectivity index is 1.43. The van der Waals surface area contributed by atoms with Gasteiger partial charge in [-0.1, -0.05) is 18.2 Å². The number of aromatic nitrogens is 2. The summed E-state index contributed by atoms with van der Waals surface area (Å²) < 4.78 is 2.32. The van der Waals surface area contributed by atoms with E-state index in [1.165, 1.54) is 27.4 Å². The van der Waals surface area contributed by atoms with Crippen LogP contribution < -0.4 is 5.32 Å². The number of fused-ring (bicyclic) bond motifs is 3. The van der Waals surface area contributed by atoms with Crippen LogP contribution in [-0.2, 0) is 11.3 Å². The molecule has 134 valence electrons. The fraction of sp³-hybridized carbons (Fsp3) is 0.217. The van der Waals surface area contributed by atoms with Gasteiger partial charge in [0.15, 0.2) is 0 Å². The molecule has 1 fully saturated rings. The van der Waals surface area contributed by atoms with Crippen LogP contribution in [0.3, 0.4) is 0 Å². The van der Waals surface area contributed by atoms with E-state index in [0.29, 0.717) is 5.92 Å². The molecule has 27 heavy (non-hydrogen) atoms. The van der Waals surface area contributed by atoms with Gasteiger partial charge < -0.3 is 9.88 Å². The monoisotopic (exact) mass is 355 g/mol. The maximum Gasteiger partial charge on any atom is 0.228 e. The highest BCUT2D eigenvalue weighted by Crippen LogP contribution is 2.47. The van der Waals surface area contributed by atoms with Gasteiger partial charge in [-0.2, -0.15) is 0 Å². The Bertz CT molecular complexity index is 1150. The third kappa shape index (κ3) is 2.69. The molecule has 0 bridgehead atoms. The van der Waals surface area contributed by atoms with E-state index in [1.807, 2.05) is 18.2 Å². The van der Waals surface area contributed by atoms with Crippen molar-refractivity contribution >= 4 is 33.4 Å². The van der Waals surface area contributed by atoms with E-state index >= 15 is 0 Å². The largest absolute Gasteiger partial charge is 0.341 e. The van der Waals surface area contributed by atoms with Crippen LogP contribution in [0.5, 0.6) is 0 Å². The summed E-state index contributed by atoms with van der Waals surface area (Å²) in [5, 5.41) is 5.54. The van der Waals surface area contributed by atoms with Crippen LogP contribution in [0.1, 0.15) is 24.8 Å². The van der Waals surface area contributed by atoms with Crippen molar-refractivity contribution in [2.45, 2.75) is 25.8 Å². The SMILES string of the molecule is CCn1c2ccccc2c2cc(NC(=O)[C@@H]3C[C@H]3c3ccncc3)ccc21. The summed E-state index contributed by atoms with van der Waals surface area (Å²) in [6.07, 6.45) is 4.49. The molecule has 1 saturated carbocycles. The van der Waals surface area contributed by atoms with Crippen molar-refractivity contribution in [3.05, 3.63) is 72.6 Å². The number of rotatable bonds is 4. The average Bonchev–Trinajstić information content (AvgIpc) is 3.46. The van der Waals surface area contributed by atoms with Crippen molar-refractivity contribution < 1.29 is 4.79 Å². The molecule has 0 spiro atoms. The lowest BCUT2D eigenvalue weighted by atomic mass is 10.1. The fourth-order valence-corrected chi connectivity index (χ4v) is 4.17. The normalized spacial score (nSPS) is 18.7. The number of carbonyl (C=O) groups excluding carboxylic acids is 1. The molecular weight excluding hydrogens is 334 g/mol. The molecule has 5 rings (SSSR count). The smallest absolute Gasteiger partial charge is 0.228 e. The van der Waals surface area contributed by atoms with Crippen molar-refractivity contribution in [1.82, 2.24) is 9.55 Å². The Kier molecular flexibility index (Phi) is 3.71. The number of benzene rings is 2. The zero-order valence-corrected chi connectivity index (χ0v) is 15.2. The van der Waals surface area contributed by atoms with Gasteiger partial charge in [0.25, 0.3) is 0 Å². The molecule has 1 aliphatic carbocycles. The number of nitrogens with one attached hydrogen (secondary N) is 1. The van der Waals surface area contributed by atoms with Gasteiger partial charge in [0.1, 0.15) is 0 Å². The maximum absolute atomic E-state index is 12.7. The van der Waals surface area contributed by atoms with E-state index in [2.05, 4.69) is 58.2 Å². The third-order valence-electron chi connectivity index (χ3n) is 5.62. The highest BCUT2D eigenvalue weighted by Gasteiger charge is 2.43. The first-order valence-corrected chi connectivity index (χ1v) is 9.48. The number of pyridine rings is 1. The quantitative estimate of drug-likeness (QED) is 0.563. The molecule has 4 aromatic rings. The lowest BCUT2D eigenvalue weighted by Crippen LogP contribution is -2.14. The number of nitrogens with zero attached hydrogens (tertiary/aromatic N) is 2. The van der Waals surface area contributed by atoms with Gasteiger partial charge in [-0.15, -0.1) is 0 Å². The number of amides is 1. The molecule has 0 aliphatic heterocycles. The van der Waals surface area contributed by atoms with E-state index in [9.17, 15) is 4.79 Å². The minimum atomic E-state index is 0.0556. The third-order valence-corrected chi connectivity index (χ3v) is 5.62. The Morgan fingerprint density at radius 3 is 2.67 bits per heavy atom. The van der Waals surface area contributed by atoms with Crippen LogP contribution in [0.4, 0.5) is 5.69 Å². The first-order valence-electron chi connectivity index (χ1n) is 9.48. The topological polar surface area (TPSA) is 46.9 Å². The van der Waals surface area contributed by atoms with Gasteiger partial charge in [0, 0.05) is 52.3 Å². The van der Waals surface area contributed by atoms with Crippen molar-refractivity contribution in [2.75, 3.05) is 5.32 Å². The molecule has 1 aliphatic rings. The molecule has 4 heteroatoms. The van der Waals surface area contributed by atoms with Crippen LogP contribution >= 0.6 is 0 Å². The summed E-state index contributed by atoms with van der Waals surface area (Å²) in [5.41, 5.74) is 4.51. The maximum atomic E-state index is 12.7. The molecule has 2 heterocycles. The molecular formula is C23H21N3O. The van der Waals surface area contributed by atoms with Gasteiger partial charge in [0.05, 0.1) is 0 Å². The van der Waals surface area contributed by atoms with Gasteiger partial charge in [-0.25, -0.2) is 0 Å². The summed E-state index contributed by atoms with van der Waals surface area (Å²) in [6.45, 7) is 3.08. The second-order valence-electron chi connectivity index (χ2n) is 7.21. The summed E-state index contributed by atoms with van der Waals surface area (Å²) in [4.78, 5) is 16.7. The van der Waals surface area contributed by atoms with Crippen molar-refractivity contribution in [3.8, 4) is 0 Å². The van der Waals surface area contributed by atoms with E-state index in [1.54, 1.807) is 12.4 Å². The molecule has 1 amide bonds. The Hall–Kier alpha value is -3.14. The predicted octanol–water partition coefficient (Wildman–Crippen LogP) is 4.95. The number of anilines is 1. The molecule has 2 atom stereocenters. The van der Waals surface area contributed by atoms with Crippen LogP contribution in [0, 0.1) is 5.92 Å². The van der Waals surface area contributed by atoms with Crippen molar-refractivity contribution in [1.29, 1.82) is 0 Å². The Morgan fingerprint density at radius 1 is 1.07 bits per heavy atom. The van der Waals surface area contributed by atoms with Gasteiger partial charge in [-0.3, -0.25) is 9.78 Å². The van der Waals surface area contributed by atoms with Gasteiger partial charge in [0.2, 0.25) is 5.91 Å². The van der Waals surface area contributed by atoms with E-state index < -0.39 is 0 Å².